The van der Waals surface area contributed by atoms with Gasteiger partial charge in [0.25, 0.3) is 0 Å². The monoisotopic (exact) mass is 257 g/mol. The summed E-state index contributed by atoms with van der Waals surface area (Å²) in [6.45, 7) is 3.21. The average Bonchev–Trinajstić information content (AvgIpc) is 2.88. The van der Waals surface area contributed by atoms with Gasteiger partial charge in [-0.3, -0.25) is 4.68 Å². The van der Waals surface area contributed by atoms with Gasteiger partial charge in [-0.1, -0.05) is 18.2 Å². The van der Waals surface area contributed by atoms with Crippen molar-refractivity contribution in [3.63, 3.8) is 0 Å². The molecule has 1 aromatic carbocycles. The van der Waals surface area contributed by atoms with E-state index in [0.29, 0.717) is 5.92 Å². The fraction of sp³-hybridized carbons (Fsp3) is 0.400. The molecule has 100 valence electrons. The molecule has 4 heteroatoms. The Morgan fingerprint density at radius 2 is 2.16 bits per heavy atom. The Labute approximate surface area is 113 Å². The van der Waals surface area contributed by atoms with Crippen molar-refractivity contribution in [1.82, 2.24) is 15.1 Å². The summed E-state index contributed by atoms with van der Waals surface area (Å²) in [5.41, 5.74) is 0. The van der Waals surface area contributed by atoms with E-state index in [9.17, 15) is 0 Å². The highest BCUT2D eigenvalue weighted by molar-refractivity contribution is 5.27. The molecule has 1 aromatic heterocycles. The van der Waals surface area contributed by atoms with Crippen LogP contribution in [0, 0.1) is 5.92 Å². The Kier molecular flexibility index (Phi) is 3.79. The van der Waals surface area contributed by atoms with Crippen LogP contribution in [0.4, 0.5) is 0 Å². The van der Waals surface area contributed by atoms with Crippen molar-refractivity contribution >= 4 is 0 Å². The highest BCUT2D eigenvalue weighted by Gasteiger charge is 2.14. The molecule has 0 saturated carbocycles. The number of piperidine rings is 1. The standard InChI is InChI=1S/C15H19N3O/c1-2-6-14(7-3-1)19-15-10-17-18(12-15)11-13-5-4-8-16-9-13/h1-3,6-7,10,12-13,16H,4-5,8-9,11H2. The van der Waals surface area contributed by atoms with E-state index in [-0.39, 0.29) is 0 Å². The van der Waals surface area contributed by atoms with E-state index in [1.807, 2.05) is 41.2 Å². The Balaban J connectivity index is 1.59. The van der Waals surface area contributed by atoms with Gasteiger partial charge in [0.05, 0.1) is 12.4 Å². The van der Waals surface area contributed by atoms with Gasteiger partial charge in [-0.2, -0.15) is 5.10 Å². The third-order valence-electron chi connectivity index (χ3n) is 3.43. The minimum atomic E-state index is 0.679. The van der Waals surface area contributed by atoms with Gasteiger partial charge in [0.1, 0.15) is 5.75 Å². The van der Waals surface area contributed by atoms with Gasteiger partial charge >= 0.3 is 0 Å². The number of hydrogen-bond donors (Lipinski definition) is 1. The highest BCUT2D eigenvalue weighted by atomic mass is 16.5. The molecule has 0 bridgehead atoms. The molecule has 1 atom stereocenters. The van der Waals surface area contributed by atoms with Crippen LogP contribution in [0.3, 0.4) is 0 Å². The number of rotatable bonds is 4. The smallest absolute Gasteiger partial charge is 0.165 e. The molecule has 3 rings (SSSR count). The van der Waals surface area contributed by atoms with E-state index >= 15 is 0 Å². The molecule has 0 radical (unpaired) electrons. The second kappa shape index (κ2) is 5.89. The minimum absolute atomic E-state index is 0.679. The Morgan fingerprint density at radius 1 is 1.26 bits per heavy atom. The quantitative estimate of drug-likeness (QED) is 0.915. The van der Waals surface area contributed by atoms with Crippen molar-refractivity contribution < 1.29 is 4.74 Å². The van der Waals surface area contributed by atoms with Crippen LogP contribution in [0.15, 0.2) is 42.7 Å². The molecule has 1 unspecified atom stereocenters. The van der Waals surface area contributed by atoms with Gasteiger partial charge in [-0.05, 0) is 44.0 Å². The highest BCUT2D eigenvalue weighted by Crippen LogP contribution is 2.20. The lowest BCUT2D eigenvalue weighted by atomic mass is 10.00. The summed E-state index contributed by atoms with van der Waals surface area (Å²) in [6.07, 6.45) is 6.30. The van der Waals surface area contributed by atoms with Crippen LogP contribution in [0.25, 0.3) is 0 Å². The molecule has 19 heavy (non-hydrogen) atoms. The lowest BCUT2D eigenvalue weighted by molar-refractivity contribution is 0.325. The zero-order valence-corrected chi connectivity index (χ0v) is 11.0. The average molecular weight is 257 g/mol. The van der Waals surface area contributed by atoms with E-state index in [2.05, 4.69) is 10.4 Å². The summed E-state index contributed by atoms with van der Waals surface area (Å²) in [5.74, 6) is 2.33. The summed E-state index contributed by atoms with van der Waals surface area (Å²) >= 11 is 0. The lowest BCUT2D eigenvalue weighted by Gasteiger charge is -2.22. The van der Waals surface area contributed by atoms with Crippen LogP contribution < -0.4 is 10.1 Å². The molecule has 1 aliphatic rings. The van der Waals surface area contributed by atoms with Crippen molar-refractivity contribution in [1.29, 1.82) is 0 Å². The number of hydrogen-bond acceptors (Lipinski definition) is 3. The summed E-state index contributed by atoms with van der Waals surface area (Å²) in [4.78, 5) is 0. The zero-order chi connectivity index (χ0) is 12.9. The maximum atomic E-state index is 5.75. The molecule has 1 saturated heterocycles. The van der Waals surface area contributed by atoms with E-state index in [1.54, 1.807) is 6.20 Å². The number of nitrogens with one attached hydrogen (secondary N) is 1. The summed E-state index contributed by atoms with van der Waals surface area (Å²) in [6, 6.07) is 9.80. The number of benzene rings is 1. The molecule has 0 aliphatic carbocycles. The Hall–Kier alpha value is -1.81. The second-order valence-electron chi connectivity index (χ2n) is 5.03. The fourth-order valence-electron chi connectivity index (χ4n) is 2.47. The SMILES string of the molecule is c1ccc(Oc2cnn(CC3CCCNC3)c2)cc1. The maximum Gasteiger partial charge on any atom is 0.165 e. The van der Waals surface area contributed by atoms with Crippen molar-refractivity contribution in [2.75, 3.05) is 13.1 Å². The van der Waals surface area contributed by atoms with Crippen LogP contribution in [-0.2, 0) is 6.54 Å². The van der Waals surface area contributed by atoms with Gasteiger partial charge in [0.15, 0.2) is 5.75 Å². The second-order valence-corrected chi connectivity index (χ2v) is 5.03. The topological polar surface area (TPSA) is 39.1 Å². The van der Waals surface area contributed by atoms with E-state index in [1.165, 1.54) is 12.8 Å². The van der Waals surface area contributed by atoms with Crippen LogP contribution in [0.2, 0.25) is 0 Å². The Bertz CT molecular complexity index is 503. The summed E-state index contributed by atoms with van der Waals surface area (Å²) < 4.78 is 7.73. The number of para-hydroxylation sites is 1. The first-order valence-corrected chi connectivity index (χ1v) is 6.86. The molecule has 2 heterocycles. The fourth-order valence-corrected chi connectivity index (χ4v) is 2.47. The van der Waals surface area contributed by atoms with Crippen molar-refractivity contribution in [2.24, 2.45) is 5.92 Å². The first kappa shape index (κ1) is 12.2. The van der Waals surface area contributed by atoms with Crippen molar-refractivity contribution in [3.05, 3.63) is 42.7 Å². The molecular weight excluding hydrogens is 238 g/mol. The van der Waals surface area contributed by atoms with Crippen molar-refractivity contribution in [2.45, 2.75) is 19.4 Å². The van der Waals surface area contributed by atoms with Crippen LogP contribution in [0.5, 0.6) is 11.5 Å². The normalized spacial score (nSPS) is 19.3. The first-order valence-electron chi connectivity index (χ1n) is 6.86. The minimum Gasteiger partial charge on any atom is -0.454 e. The molecule has 2 aromatic rings. The molecule has 1 N–H and O–H groups in total. The third kappa shape index (κ3) is 3.35. The zero-order valence-electron chi connectivity index (χ0n) is 11.0. The van der Waals surface area contributed by atoms with Gasteiger partial charge in [-0.15, -0.1) is 0 Å². The number of ether oxygens (including phenoxy) is 1. The lowest BCUT2D eigenvalue weighted by Crippen LogP contribution is -2.32. The predicted molar refractivity (Wildman–Crippen MR) is 74.3 cm³/mol. The van der Waals surface area contributed by atoms with Crippen molar-refractivity contribution in [3.8, 4) is 11.5 Å². The summed E-state index contributed by atoms with van der Waals surface area (Å²) in [7, 11) is 0. The maximum absolute atomic E-state index is 5.75. The number of aromatic nitrogens is 2. The molecule has 0 spiro atoms. The van der Waals surface area contributed by atoms with E-state index < -0.39 is 0 Å². The predicted octanol–water partition coefficient (Wildman–Crippen LogP) is 2.68. The van der Waals surface area contributed by atoms with E-state index in [4.69, 9.17) is 4.74 Å². The summed E-state index contributed by atoms with van der Waals surface area (Å²) in [5, 5.41) is 7.80. The van der Waals surface area contributed by atoms with Gasteiger partial charge < -0.3 is 10.1 Å². The van der Waals surface area contributed by atoms with Gasteiger partial charge in [0, 0.05) is 6.54 Å². The molecule has 1 aliphatic heterocycles. The van der Waals surface area contributed by atoms with Gasteiger partial charge in [-0.25, -0.2) is 0 Å². The van der Waals surface area contributed by atoms with E-state index in [0.717, 1.165) is 31.1 Å². The first-order chi connectivity index (χ1) is 9.40. The molecule has 0 amide bonds. The molecule has 1 fully saturated rings. The molecular formula is C15H19N3O. The van der Waals surface area contributed by atoms with Crippen LogP contribution in [-0.4, -0.2) is 22.9 Å². The third-order valence-corrected chi connectivity index (χ3v) is 3.43. The molecule has 4 nitrogen and oxygen atoms in total. The largest absolute Gasteiger partial charge is 0.454 e. The number of nitrogens with zero attached hydrogens (tertiary/aromatic N) is 2. The van der Waals surface area contributed by atoms with Crippen LogP contribution >= 0.6 is 0 Å². The van der Waals surface area contributed by atoms with Gasteiger partial charge in [0.2, 0.25) is 0 Å². The Morgan fingerprint density at radius 3 is 2.95 bits per heavy atom. The van der Waals surface area contributed by atoms with Crippen LogP contribution in [0.1, 0.15) is 12.8 Å².